The second-order valence-electron chi connectivity index (χ2n) is 3.44. The highest BCUT2D eigenvalue weighted by Gasteiger charge is 2.48. The normalized spacial score (nSPS) is 18.3. The minimum Gasteiger partial charge on any atom is -0.380 e. The van der Waals surface area contributed by atoms with Gasteiger partial charge in [-0.3, -0.25) is 4.79 Å². The van der Waals surface area contributed by atoms with Crippen LogP contribution in [-0.4, -0.2) is 32.2 Å². The summed E-state index contributed by atoms with van der Waals surface area (Å²) in [6, 6.07) is 0. The third-order valence-electron chi connectivity index (χ3n) is 2.46. The summed E-state index contributed by atoms with van der Waals surface area (Å²) >= 11 is 0. The van der Waals surface area contributed by atoms with E-state index in [4.69, 9.17) is 10.5 Å². The average Bonchev–Trinajstić information content (AvgIpc) is 2.93. The van der Waals surface area contributed by atoms with Gasteiger partial charge in [-0.15, -0.1) is 0 Å². The average molecular weight is 186 g/mol. The van der Waals surface area contributed by atoms with Gasteiger partial charge in [-0.05, 0) is 19.8 Å². The van der Waals surface area contributed by atoms with Gasteiger partial charge in [-0.1, -0.05) is 0 Å². The van der Waals surface area contributed by atoms with Crippen LogP contribution < -0.4 is 11.1 Å². The number of hydrogen-bond donors (Lipinski definition) is 2. The third-order valence-corrected chi connectivity index (χ3v) is 2.46. The fourth-order valence-corrected chi connectivity index (χ4v) is 1.24. The monoisotopic (exact) mass is 186 g/mol. The summed E-state index contributed by atoms with van der Waals surface area (Å²) < 4.78 is 5.10. The zero-order valence-electron chi connectivity index (χ0n) is 8.14. The van der Waals surface area contributed by atoms with Crippen molar-refractivity contribution in [2.24, 2.45) is 11.1 Å². The molecule has 1 saturated carbocycles. The molecule has 1 amide bonds. The van der Waals surface area contributed by atoms with Crippen molar-refractivity contribution < 1.29 is 9.53 Å². The van der Waals surface area contributed by atoms with Crippen molar-refractivity contribution in [2.45, 2.75) is 19.8 Å². The van der Waals surface area contributed by atoms with Crippen molar-refractivity contribution in [1.29, 1.82) is 0 Å². The molecule has 0 heterocycles. The Morgan fingerprint density at radius 3 is 2.77 bits per heavy atom. The first kappa shape index (κ1) is 10.5. The standard InChI is InChI=1S/C9H18N2O2/c1-2-13-6-5-11-8(12)9(7-10)3-4-9/h2-7,10H2,1H3,(H,11,12). The summed E-state index contributed by atoms with van der Waals surface area (Å²) in [4.78, 5) is 11.5. The molecule has 0 spiro atoms. The van der Waals surface area contributed by atoms with E-state index < -0.39 is 0 Å². The summed E-state index contributed by atoms with van der Waals surface area (Å²) in [6.07, 6.45) is 1.87. The van der Waals surface area contributed by atoms with Crippen LogP contribution in [0, 0.1) is 5.41 Å². The van der Waals surface area contributed by atoms with Crippen molar-refractivity contribution in [3.05, 3.63) is 0 Å². The van der Waals surface area contributed by atoms with Gasteiger partial charge in [0.25, 0.3) is 0 Å². The van der Waals surface area contributed by atoms with E-state index in [1.807, 2.05) is 6.92 Å². The quantitative estimate of drug-likeness (QED) is 0.568. The van der Waals surface area contributed by atoms with E-state index in [0.717, 1.165) is 12.8 Å². The molecule has 76 valence electrons. The molecule has 0 aliphatic heterocycles. The first-order chi connectivity index (χ1) is 6.25. The number of ether oxygens (including phenoxy) is 1. The lowest BCUT2D eigenvalue weighted by atomic mass is 10.1. The number of carbonyl (C=O) groups excluding carboxylic acids is 1. The van der Waals surface area contributed by atoms with E-state index in [1.54, 1.807) is 0 Å². The molecular weight excluding hydrogens is 168 g/mol. The maximum atomic E-state index is 11.5. The lowest BCUT2D eigenvalue weighted by Crippen LogP contribution is -2.38. The molecular formula is C9H18N2O2. The molecule has 0 aromatic rings. The van der Waals surface area contributed by atoms with Gasteiger partial charge in [0, 0.05) is 19.7 Å². The van der Waals surface area contributed by atoms with E-state index >= 15 is 0 Å². The van der Waals surface area contributed by atoms with Crippen LogP contribution in [0.5, 0.6) is 0 Å². The smallest absolute Gasteiger partial charge is 0.227 e. The van der Waals surface area contributed by atoms with Crippen LogP contribution in [0.25, 0.3) is 0 Å². The molecule has 13 heavy (non-hydrogen) atoms. The summed E-state index contributed by atoms with van der Waals surface area (Å²) in [6.45, 7) is 4.27. The number of carbonyl (C=O) groups is 1. The molecule has 4 heteroatoms. The predicted molar refractivity (Wildman–Crippen MR) is 50.2 cm³/mol. The SMILES string of the molecule is CCOCCNC(=O)C1(CN)CC1. The van der Waals surface area contributed by atoms with Gasteiger partial charge in [-0.25, -0.2) is 0 Å². The first-order valence-electron chi connectivity index (χ1n) is 4.81. The van der Waals surface area contributed by atoms with Gasteiger partial charge in [0.05, 0.1) is 12.0 Å². The van der Waals surface area contributed by atoms with Crippen molar-refractivity contribution in [3.8, 4) is 0 Å². The van der Waals surface area contributed by atoms with Crippen LogP contribution in [-0.2, 0) is 9.53 Å². The number of hydrogen-bond acceptors (Lipinski definition) is 3. The van der Waals surface area contributed by atoms with Crippen molar-refractivity contribution in [2.75, 3.05) is 26.3 Å². The van der Waals surface area contributed by atoms with Gasteiger partial charge in [0.1, 0.15) is 0 Å². The van der Waals surface area contributed by atoms with E-state index in [0.29, 0.717) is 26.3 Å². The summed E-state index contributed by atoms with van der Waals surface area (Å²) in [5.74, 6) is 0.0923. The first-order valence-corrected chi connectivity index (χ1v) is 4.81. The molecule has 0 radical (unpaired) electrons. The summed E-state index contributed by atoms with van der Waals surface area (Å²) in [7, 11) is 0. The van der Waals surface area contributed by atoms with Gasteiger partial charge in [-0.2, -0.15) is 0 Å². The maximum Gasteiger partial charge on any atom is 0.227 e. The van der Waals surface area contributed by atoms with E-state index in [2.05, 4.69) is 5.32 Å². The Morgan fingerprint density at radius 2 is 2.31 bits per heavy atom. The van der Waals surface area contributed by atoms with E-state index in [-0.39, 0.29) is 11.3 Å². The molecule has 0 atom stereocenters. The van der Waals surface area contributed by atoms with Gasteiger partial charge in [0.2, 0.25) is 5.91 Å². The van der Waals surface area contributed by atoms with Crippen LogP contribution >= 0.6 is 0 Å². The topological polar surface area (TPSA) is 64.3 Å². The van der Waals surface area contributed by atoms with Gasteiger partial charge in [0.15, 0.2) is 0 Å². The lowest BCUT2D eigenvalue weighted by molar-refractivity contribution is -0.126. The lowest BCUT2D eigenvalue weighted by Gasteiger charge is -2.12. The molecule has 0 saturated heterocycles. The summed E-state index contributed by atoms with van der Waals surface area (Å²) in [5.41, 5.74) is 5.28. The second kappa shape index (κ2) is 4.58. The highest BCUT2D eigenvalue weighted by atomic mass is 16.5. The van der Waals surface area contributed by atoms with E-state index in [9.17, 15) is 4.79 Å². The van der Waals surface area contributed by atoms with Gasteiger partial charge >= 0.3 is 0 Å². The van der Waals surface area contributed by atoms with Gasteiger partial charge < -0.3 is 15.8 Å². The number of nitrogens with two attached hydrogens (primary N) is 1. The van der Waals surface area contributed by atoms with Crippen molar-refractivity contribution in [3.63, 3.8) is 0 Å². The molecule has 1 aliphatic carbocycles. The van der Waals surface area contributed by atoms with Crippen molar-refractivity contribution in [1.82, 2.24) is 5.32 Å². The number of nitrogens with one attached hydrogen (secondary N) is 1. The Hall–Kier alpha value is -0.610. The van der Waals surface area contributed by atoms with Crippen LogP contribution in [0.3, 0.4) is 0 Å². The Balaban J connectivity index is 2.11. The minimum absolute atomic E-state index is 0.0923. The van der Waals surface area contributed by atoms with Crippen LogP contribution in [0.1, 0.15) is 19.8 Å². The molecule has 1 fully saturated rings. The zero-order valence-corrected chi connectivity index (χ0v) is 8.14. The number of rotatable bonds is 6. The Labute approximate surface area is 78.8 Å². The largest absolute Gasteiger partial charge is 0.380 e. The zero-order chi connectivity index (χ0) is 9.73. The summed E-state index contributed by atoms with van der Waals surface area (Å²) in [5, 5.41) is 2.83. The highest BCUT2D eigenvalue weighted by Crippen LogP contribution is 2.44. The molecule has 0 aromatic heterocycles. The minimum atomic E-state index is -0.230. The maximum absolute atomic E-state index is 11.5. The van der Waals surface area contributed by atoms with Crippen LogP contribution in [0.4, 0.5) is 0 Å². The third kappa shape index (κ3) is 2.67. The fourth-order valence-electron chi connectivity index (χ4n) is 1.24. The van der Waals surface area contributed by atoms with E-state index in [1.165, 1.54) is 0 Å². The highest BCUT2D eigenvalue weighted by molar-refractivity contribution is 5.85. The fraction of sp³-hybridized carbons (Fsp3) is 0.889. The van der Waals surface area contributed by atoms with Crippen LogP contribution in [0.2, 0.25) is 0 Å². The second-order valence-corrected chi connectivity index (χ2v) is 3.44. The predicted octanol–water partition coefficient (Wildman–Crippen LogP) is -0.122. The molecule has 3 N–H and O–H groups in total. The molecule has 0 unspecified atom stereocenters. The number of amides is 1. The van der Waals surface area contributed by atoms with Crippen LogP contribution in [0.15, 0.2) is 0 Å². The molecule has 1 aliphatic rings. The Kier molecular flexibility index (Phi) is 3.69. The Morgan fingerprint density at radius 1 is 1.62 bits per heavy atom. The molecule has 4 nitrogen and oxygen atoms in total. The molecule has 1 rings (SSSR count). The van der Waals surface area contributed by atoms with Crippen molar-refractivity contribution >= 4 is 5.91 Å². The molecule has 0 aromatic carbocycles. The Bertz CT molecular complexity index is 178. The molecule has 0 bridgehead atoms.